The minimum atomic E-state index is 0.0890. The predicted molar refractivity (Wildman–Crippen MR) is 73.4 cm³/mol. The van der Waals surface area contributed by atoms with E-state index in [4.69, 9.17) is 5.73 Å². The van der Waals surface area contributed by atoms with Crippen LogP contribution in [0.15, 0.2) is 60.9 Å². The van der Waals surface area contributed by atoms with Crippen molar-refractivity contribution in [2.24, 2.45) is 5.73 Å². The molecule has 0 bridgehead atoms. The van der Waals surface area contributed by atoms with Gasteiger partial charge in [0.15, 0.2) is 0 Å². The van der Waals surface area contributed by atoms with Crippen molar-refractivity contribution in [2.45, 2.75) is 6.04 Å². The third-order valence-corrected chi connectivity index (χ3v) is 3.22. The number of hydrogen-bond donors (Lipinski definition) is 1. The van der Waals surface area contributed by atoms with Crippen molar-refractivity contribution in [3.8, 4) is 0 Å². The Hall–Kier alpha value is -2.13. The van der Waals surface area contributed by atoms with Crippen molar-refractivity contribution in [1.29, 1.82) is 0 Å². The van der Waals surface area contributed by atoms with Crippen molar-refractivity contribution >= 4 is 10.9 Å². The molecule has 1 aromatic carbocycles. The number of para-hydroxylation sites is 1. The van der Waals surface area contributed by atoms with Crippen LogP contribution >= 0.6 is 0 Å². The van der Waals surface area contributed by atoms with E-state index >= 15 is 0 Å². The highest BCUT2D eigenvalue weighted by Gasteiger charge is 2.14. The van der Waals surface area contributed by atoms with Gasteiger partial charge in [0.2, 0.25) is 0 Å². The van der Waals surface area contributed by atoms with E-state index in [2.05, 4.69) is 33.9 Å². The summed E-state index contributed by atoms with van der Waals surface area (Å²) in [5.74, 6) is 0. The molecule has 3 nitrogen and oxygen atoms in total. The average Bonchev–Trinajstić information content (AvgIpc) is 2.85. The van der Waals surface area contributed by atoms with Crippen LogP contribution in [0.5, 0.6) is 0 Å². The number of nitrogens with two attached hydrogens (primary N) is 1. The molecule has 0 aliphatic rings. The molecule has 0 aliphatic heterocycles. The topological polar surface area (TPSA) is 43.8 Å². The van der Waals surface area contributed by atoms with E-state index in [1.807, 2.05) is 36.5 Å². The number of rotatable bonds is 3. The van der Waals surface area contributed by atoms with Gasteiger partial charge in [-0.25, -0.2) is 0 Å². The van der Waals surface area contributed by atoms with Crippen molar-refractivity contribution in [3.63, 3.8) is 0 Å². The molecular weight excluding hydrogens is 222 g/mol. The van der Waals surface area contributed by atoms with Crippen molar-refractivity contribution < 1.29 is 0 Å². The zero-order valence-corrected chi connectivity index (χ0v) is 10.0. The van der Waals surface area contributed by atoms with Crippen LogP contribution in [0.4, 0.5) is 0 Å². The first-order valence-corrected chi connectivity index (χ1v) is 6.07. The minimum absolute atomic E-state index is 0.0890. The molecule has 3 aromatic rings. The Bertz CT molecular complexity index is 643. The molecule has 0 spiro atoms. The lowest BCUT2D eigenvalue weighted by Crippen LogP contribution is -2.20. The largest absolute Gasteiger partial charge is 0.337 e. The van der Waals surface area contributed by atoms with E-state index in [0.29, 0.717) is 6.54 Å². The van der Waals surface area contributed by atoms with E-state index in [-0.39, 0.29) is 6.04 Å². The fourth-order valence-electron chi connectivity index (χ4n) is 2.33. The van der Waals surface area contributed by atoms with Gasteiger partial charge in [-0.05, 0) is 29.7 Å². The summed E-state index contributed by atoms with van der Waals surface area (Å²) in [5.41, 5.74) is 8.12. The van der Waals surface area contributed by atoms with Gasteiger partial charge in [-0.1, -0.05) is 24.3 Å². The van der Waals surface area contributed by atoms with Crippen LogP contribution in [0.25, 0.3) is 10.9 Å². The van der Waals surface area contributed by atoms with Gasteiger partial charge in [0.1, 0.15) is 0 Å². The average molecular weight is 237 g/mol. The van der Waals surface area contributed by atoms with E-state index in [1.54, 1.807) is 0 Å². The summed E-state index contributed by atoms with van der Waals surface area (Å²) >= 11 is 0. The lowest BCUT2D eigenvalue weighted by atomic mass is 10.1. The fourth-order valence-corrected chi connectivity index (χ4v) is 2.33. The Morgan fingerprint density at radius 3 is 2.67 bits per heavy atom. The smallest absolute Gasteiger partial charge is 0.0878 e. The summed E-state index contributed by atoms with van der Waals surface area (Å²) in [7, 11) is 0. The number of fused-ring (bicyclic) bond motifs is 1. The van der Waals surface area contributed by atoms with Crippen LogP contribution < -0.4 is 5.73 Å². The molecule has 0 radical (unpaired) electrons. The lowest BCUT2D eigenvalue weighted by Gasteiger charge is -2.17. The van der Waals surface area contributed by atoms with Crippen molar-refractivity contribution in [1.82, 2.24) is 9.55 Å². The van der Waals surface area contributed by atoms with Gasteiger partial charge < -0.3 is 10.3 Å². The summed E-state index contributed by atoms with van der Waals surface area (Å²) in [6, 6.07) is 16.5. The molecule has 0 aliphatic carbocycles. The molecule has 90 valence electrons. The number of benzene rings is 1. The number of aromatic nitrogens is 2. The normalized spacial score (nSPS) is 12.7. The van der Waals surface area contributed by atoms with Gasteiger partial charge in [0.05, 0.1) is 11.7 Å². The molecule has 0 saturated carbocycles. The lowest BCUT2D eigenvalue weighted by molar-refractivity contribution is 0.598. The Morgan fingerprint density at radius 2 is 1.89 bits per heavy atom. The molecule has 3 rings (SSSR count). The van der Waals surface area contributed by atoms with Gasteiger partial charge in [-0.3, -0.25) is 4.98 Å². The van der Waals surface area contributed by atoms with Crippen molar-refractivity contribution in [2.75, 3.05) is 6.54 Å². The molecule has 2 aromatic heterocycles. The molecule has 18 heavy (non-hydrogen) atoms. The molecule has 1 unspecified atom stereocenters. The highest BCUT2D eigenvalue weighted by atomic mass is 15.0. The maximum absolute atomic E-state index is 5.93. The highest BCUT2D eigenvalue weighted by molar-refractivity contribution is 5.80. The second kappa shape index (κ2) is 4.63. The zero-order chi connectivity index (χ0) is 12.4. The van der Waals surface area contributed by atoms with Gasteiger partial charge in [-0.2, -0.15) is 0 Å². The molecule has 0 amide bonds. The second-order valence-corrected chi connectivity index (χ2v) is 4.29. The molecular formula is C15H15N3. The van der Waals surface area contributed by atoms with Gasteiger partial charge in [0, 0.05) is 24.5 Å². The third kappa shape index (κ3) is 1.79. The molecule has 2 N–H and O–H groups in total. The monoisotopic (exact) mass is 237 g/mol. The van der Waals surface area contributed by atoms with Crippen LogP contribution in [0.1, 0.15) is 11.7 Å². The Balaban J connectivity index is 2.12. The van der Waals surface area contributed by atoms with Crippen LogP contribution in [0.2, 0.25) is 0 Å². The van der Waals surface area contributed by atoms with Crippen LogP contribution in [0.3, 0.4) is 0 Å². The fraction of sp³-hybridized carbons (Fsp3) is 0.133. The molecule has 0 saturated heterocycles. The summed E-state index contributed by atoms with van der Waals surface area (Å²) in [6.07, 6.45) is 3.89. The first-order valence-electron chi connectivity index (χ1n) is 6.07. The maximum Gasteiger partial charge on any atom is 0.0878 e. The summed E-state index contributed by atoms with van der Waals surface area (Å²) in [4.78, 5) is 4.41. The predicted octanol–water partition coefficient (Wildman–Crippen LogP) is 2.58. The van der Waals surface area contributed by atoms with Gasteiger partial charge >= 0.3 is 0 Å². The van der Waals surface area contributed by atoms with Crippen LogP contribution in [0, 0.1) is 0 Å². The first-order chi connectivity index (χ1) is 8.90. The molecule has 3 heteroatoms. The number of hydrogen-bond acceptors (Lipinski definition) is 2. The summed E-state index contributed by atoms with van der Waals surface area (Å²) in [6.45, 7) is 0.537. The standard InChI is InChI=1S/C15H15N3/c16-11-15(13-6-3-4-9-17-13)18-10-8-12-5-1-2-7-14(12)18/h1-10,15H,11,16H2. The highest BCUT2D eigenvalue weighted by Crippen LogP contribution is 2.23. The summed E-state index contributed by atoms with van der Waals surface area (Å²) in [5, 5.41) is 1.23. The maximum atomic E-state index is 5.93. The number of pyridine rings is 1. The van der Waals surface area contributed by atoms with Gasteiger partial charge in [0.25, 0.3) is 0 Å². The van der Waals surface area contributed by atoms with Gasteiger partial charge in [-0.15, -0.1) is 0 Å². The van der Waals surface area contributed by atoms with E-state index in [1.165, 1.54) is 10.9 Å². The molecule has 1 atom stereocenters. The van der Waals surface area contributed by atoms with Crippen molar-refractivity contribution in [3.05, 3.63) is 66.6 Å². The summed E-state index contributed by atoms with van der Waals surface area (Å²) < 4.78 is 2.19. The quantitative estimate of drug-likeness (QED) is 0.761. The SMILES string of the molecule is NCC(c1ccccn1)n1ccc2ccccc21. The molecule has 2 heterocycles. The van der Waals surface area contributed by atoms with E-state index in [9.17, 15) is 0 Å². The third-order valence-electron chi connectivity index (χ3n) is 3.22. The Labute approximate surface area is 106 Å². The van der Waals surface area contributed by atoms with E-state index < -0.39 is 0 Å². The van der Waals surface area contributed by atoms with Crippen LogP contribution in [-0.2, 0) is 0 Å². The minimum Gasteiger partial charge on any atom is -0.337 e. The Kier molecular flexibility index (Phi) is 2.82. The first kappa shape index (κ1) is 11.0. The number of nitrogens with zero attached hydrogens (tertiary/aromatic N) is 2. The van der Waals surface area contributed by atoms with E-state index in [0.717, 1.165) is 5.69 Å². The molecule has 0 fully saturated rings. The zero-order valence-electron chi connectivity index (χ0n) is 10.0. The second-order valence-electron chi connectivity index (χ2n) is 4.29. The van der Waals surface area contributed by atoms with Crippen LogP contribution in [-0.4, -0.2) is 16.1 Å². The Morgan fingerprint density at radius 1 is 1.06 bits per heavy atom.